The van der Waals surface area contributed by atoms with Crippen LogP contribution < -0.4 is 15.5 Å². The fraction of sp³-hybridized carbons (Fsp3) is 0.724. The summed E-state index contributed by atoms with van der Waals surface area (Å²) in [6.07, 6.45) is -1.94. The smallest absolute Gasteiger partial charge is 0.390 e. The number of β-amino-alcohol motifs (C(OH)–C–C–N with tert-alkyl or cyclic N) is 1. The molecule has 4 rings (SSSR count). The average Bonchev–Trinajstić information content (AvgIpc) is 3.24. The van der Waals surface area contributed by atoms with Crippen molar-refractivity contribution < 1.29 is 35.1 Å². The highest BCUT2D eigenvalue weighted by atomic mass is 32.2. The number of likely N-dealkylation sites (tertiary alicyclic amines) is 1. The number of aliphatic hydroxyl groups excluding tert-OH is 1. The fourth-order valence-corrected chi connectivity index (χ4v) is 8.56. The van der Waals surface area contributed by atoms with E-state index in [0.29, 0.717) is 54.0 Å². The zero-order chi connectivity index (χ0) is 33.2. The van der Waals surface area contributed by atoms with Crippen molar-refractivity contribution in [1.82, 2.24) is 29.7 Å². The number of nitrogens with one attached hydrogen (secondary N) is 3. The maximum atomic E-state index is 15.0. The molecule has 0 bridgehead atoms. The highest BCUT2D eigenvalue weighted by Gasteiger charge is 2.60. The van der Waals surface area contributed by atoms with Gasteiger partial charge in [0.25, 0.3) is 0 Å². The molecule has 0 radical (unpaired) electrons. The van der Waals surface area contributed by atoms with Gasteiger partial charge >= 0.3 is 6.18 Å². The molecule has 0 saturated carbocycles. The minimum absolute atomic E-state index is 0.0234. The summed E-state index contributed by atoms with van der Waals surface area (Å²) < 4.78 is 97.0. The molecule has 3 heterocycles. The molecule has 1 aromatic carbocycles. The lowest BCUT2D eigenvalue weighted by atomic mass is 9.77. The zero-order valence-corrected chi connectivity index (χ0v) is 28.0. The average molecular weight is 681 g/mol. The second kappa shape index (κ2) is 14.1. The number of benzene rings is 1. The van der Waals surface area contributed by atoms with Crippen LogP contribution in [0.4, 0.5) is 13.2 Å². The molecule has 0 aromatic heterocycles. The first-order chi connectivity index (χ1) is 20.9. The van der Waals surface area contributed by atoms with Crippen molar-refractivity contribution >= 4 is 20.0 Å². The van der Waals surface area contributed by atoms with Gasteiger partial charge in [0.2, 0.25) is 20.0 Å². The highest BCUT2D eigenvalue weighted by Crippen LogP contribution is 2.49. The van der Waals surface area contributed by atoms with Crippen molar-refractivity contribution in [3.05, 3.63) is 47.2 Å². The van der Waals surface area contributed by atoms with Gasteiger partial charge in [-0.3, -0.25) is 0 Å². The summed E-state index contributed by atoms with van der Waals surface area (Å²) in [6, 6.07) is 6.16. The molecular formula is C29H47F3N6O5S2. The zero-order valence-electron chi connectivity index (χ0n) is 26.3. The van der Waals surface area contributed by atoms with Crippen molar-refractivity contribution in [2.75, 3.05) is 58.3 Å². The van der Waals surface area contributed by atoms with E-state index < -0.39 is 43.9 Å². The Kier molecular flexibility index (Phi) is 11.3. The standard InChI is InChI=1S/C29H47F3N6O5S2/c1-21(2)10-14-33-20-28(22-8-6-5-7-9-22)26-25(13-17-38(45(4,42)43)27(26)29(30,31)32)37(35-28)19-24(39)18-36-15-11-23(12-16-36)34-44(3,40)41/h5-9,21,23-24,27,33-35,39H,10-20H2,1-4H3. The lowest BCUT2D eigenvalue weighted by molar-refractivity contribution is -0.165. The van der Waals surface area contributed by atoms with Crippen molar-refractivity contribution in [3.8, 4) is 0 Å². The predicted octanol–water partition coefficient (Wildman–Crippen LogP) is 1.56. The van der Waals surface area contributed by atoms with Gasteiger partial charge in [-0.1, -0.05) is 44.2 Å². The normalized spacial score (nSPS) is 25.3. The maximum absolute atomic E-state index is 15.0. The third-order valence-electron chi connectivity index (χ3n) is 8.67. The topological polar surface area (TPSA) is 134 Å². The van der Waals surface area contributed by atoms with Crippen LogP contribution in [0, 0.1) is 5.92 Å². The fourth-order valence-electron chi connectivity index (χ4n) is 6.69. The number of hydrogen-bond donors (Lipinski definition) is 4. The van der Waals surface area contributed by atoms with Gasteiger partial charge in [0, 0.05) is 43.4 Å². The molecule has 256 valence electrons. The van der Waals surface area contributed by atoms with Crippen LogP contribution in [0.3, 0.4) is 0 Å². The summed E-state index contributed by atoms with van der Waals surface area (Å²) in [6.45, 7) is 5.72. The Hall–Kier alpha value is -1.79. The second-order valence-electron chi connectivity index (χ2n) is 12.9. The lowest BCUT2D eigenvalue weighted by Crippen LogP contribution is -2.59. The number of piperidine rings is 1. The van der Waals surface area contributed by atoms with Gasteiger partial charge in [0.05, 0.1) is 30.7 Å². The quantitative estimate of drug-likeness (QED) is 0.229. The molecule has 0 spiro atoms. The van der Waals surface area contributed by atoms with Crippen LogP contribution in [0.2, 0.25) is 0 Å². The Bertz CT molecular complexity index is 1400. The number of aliphatic hydroxyl groups is 1. The first kappa shape index (κ1) is 36.1. The summed E-state index contributed by atoms with van der Waals surface area (Å²) >= 11 is 0. The van der Waals surface area contributed by atoms with E-state index in [1.165, 1.54) is 0 Å². The Morgan fingerprint density at radius 1 is 1.04 bits per heavy atom. The minimum atomic E-state index is -4.90. The summed E-state index contributed by atoms with van der Waals surface area (Å²) in [5.74, 6) is 0.369. The van der Waals surface area contributed by atoms with Crippen molar-refractivity contribution in [2.24, 2.45) is 5.92 Å². The molecule has 0 aliphatic carbocycles. The van der Waals surface area contributed by atoms with Gasteiger partial charge in [-0.05, 0) is 50.4 Å². The third-order valence-corrected chi connectivity index (χ3v) is 10.7. The van der Waals surface area contributed by atoms with Crippen LogP contribution in [0.5, 0.6) is 0 Å². The van der Waals surface area contributed by atoms with Crippen LogP contribution in [-0.4, -0.2) is 119 Å². The molecule has 16 heteroatoms. The van der Waals surface area contributed by atoms with Crippen molar-refractivity contribution in [1.29, 1.82) is 0 Å². The van der Waals surface area contributed by atoms with Crippen LogP contribution in [0.25, 0.3) is 0 Å². The highest BCUT2D eigenvalue weighted by molar-refractivity contribution is 7.88. The number of hydrazine groups is 1. The summed E-state index contributed by atoms with van der Waals surface area (Å²) in [5, 5.41) is 16.2. The second-order valence-corrected chi connectivity index (χ2v) is 16.6. The molecule has 1 fully saturated rings. The predicted molar refractivity (Wildman–Crippen MR) is 167 cm³/mol. The maximum Gasteiger partial charge on any atom is 0.408 e. The lowest BCUT2D eigenvalue weighted by Gasteiger charge is -2.42. The van der Waals surface area contributed by atoms with Crippen molar-refractivity contribution in [2.45, 2.75) is 69.4 Å². The molecule has 1 saturated heterocycles. The molecule has 45 heavy (non-hydrogen) atoms. The molecule has 1 aromatic rings. The number of halogens is 3. The van der Waals surface area contributed by atoms with Gasteiger partial charge in [-0.15, -0.1) is 0 Å². The van der Waals surface area contributed by atoms with E-state index in [1.54, 1.807) is 35.3 Å². The first-order valence-corrected chi connectivity index (χ1v) is 19.1. The summed E-state index contributed by atoms with van der Waals surface area (Å²) in [4.78, 5) is 2.01. The van der Waals surface area contributed by atoms with E-state index in [4.69, 9.17) is 0 Å². The molecule has 11 nitrogen and oxygen atoms in total. The molecule has 4 N–H and O–H groups in total. The van der Waals surface area contributed by atoms with Crippen molar-refractivity contribution in [3.63, 3.8) is 0 Å². The summed E-state index contributed by atoms with van der Waals surface area (Å²) in [7, 11) is -7.56. The molecule has 3 unspecified atom stereocenters. The van der Waals surface area contributed by atoms with Gasteiger partial charge in [-0.2, -0.15) is 17.5 Å². The summed E-state index contributed by atoms with van der Waals surface area (Å²) in [5.41, 5.74) is 2.72. The van der Waals surface area contributed by atoms with E-state index in [9.17, 15) is 21.9 Å². The largest absolute Gasteiger partial charge is 0.408 e. The Morgan fingerprint density at radius 2 is 1.69 bits per heavy atom. The van der Waals surface area contributed by atoms with Gasteiger partial charge in [-0.25, -0.2) is 27.0 Å². The number of rotatable bonds is 13. The van der Waals surface area contributed by atoms with E-state index in [1.807, 2.05) is 4.90 Å². The number of hydrogen-bond acceptors (Lipinski definition) is 9. The number of alkyl halides is 3. The number of nitrogens with zero attached hydrogens (tertiary/aromatic N) is 3. The molecule has 3 atom stereocenters. The molecular weight excluding hydrogens is 633 g/mol. The molecule has 0 amide bonds. The SMILES string of the molecule is CC(C)CCNCC1(c2ccccc2)NN(CC(O)CN2CCC(NS(C)(=O)=O)CC2)C2=C1C(C(F)(F)F)N(S(C)(=O)=O)CC2. The van der Waals surface area contributed by atoms with Gasteiger partial charge < -0.3 is 20.3 Å². The monoisotopic (exact) mass is 680 g/mol. The van der Waals surface area contributed by atoms with E-state index in [2.05, 4.69) is 29.3 Å². The third kappa shape index (κ3) is 8.97. The first-order valence-electron chi connectivity index (χ1n) is 15.4. The van der Waals surface area contributed by atoms with Crippen LogP contribution in [-0.2, 0) is 25.6 Å². The van der Waals surface area contributed by atoms with Crippen LogP contribution in [0.15, 0.2) is 41.6 Å². The van der Waals surface area contributed by atoms with Gasteiger partial charge in [0.1, 0.15) is 6.04 Å². The Morgan fingerprint density at radius 3 is 2.24 bits per heavy atom. The van der Waals surface area contributed by atoms with E-state index in [-0.39, 0.29) is 44.2 Å². The minimum Gasteiger partial charge on any atom is -0.390 e. The van der Waals surface area contributed by atoms with Crippen LogP contribution >= 0.6 is 0 Å². The molecule has 3 aliphatic heterocycles. The Labute approximate surface area is 265 Å². The Balaban J connectivity index is 1.67. The van der Waals surface area contributed by atoms with E-state index >= 15 is 13.2 Å². The van der Waals surface area contributed by atoms with Gasteiger partial charge in [0.15, 0.2) is 0 Å². The molecule has 3 aliphatic rings. The van der Waals surface area contributed by atoms with E-state index in [0.717, 1.165) is 18.9 Å². The van der Waals surface area contributed by atoms with Crippen LogP contribution in [0.1, 0.15) is 45.1 Å². The number of sulfonamides is 2.